The lowest BCUT2D eigenvalue weighted by molar-refractivity contribution is 0.0761. The molecule has 1 aromatic carbocycles. The van der Waals surface area contributed by atoms with Crippen LogP contribution < -0.4 is 0 Å². The molecule has 1 heterocycles. The van der Waals surface area contributed by atoms with E-state index in [1.54, 1.807) is 6.07 Å². The Kier molecular flexibility index (Phi) is 4.98. The average molecular weight is 349 g/mol. The molecule has 5 heteroatoms. The Morgan fingerprint density at radius 2 is 2.39 bits per heavy atom. The molecule has 0 spiro atoms. The van der Waals surface area contributed by atoms with Crippen molar-refractivity contribution in [2.45, 2.75) is 18.6 Å². The van der Waals surface area contributed by atoms with Gasteiger partial charge < -0.3 is 4.90 Å². The van der Waals surface area contributed by atoms with Crippen molar-refractivity contribution < 1.29 is 4.79 Å². The number of hydrogen-bond donors (Lipinski definition) is 0. The monoisotopic (exact) mass is 347 g/mol. The summed E-state index contributed by atoms with van der Waals surface area (Å²) in [4.78, 5) is 14.3. The van der Waals surface area contributed by atoms with Gasteiger partial charge in [0.2, 0.25) is 0 Å². The molecule has 0 N–H and O–H groups in total. The molecule has 2 nitrogen and oxygen atoms in total. The molecule has 1 aromatic rings. The van der Waals surface area contributed by atoms with E-state index in [1.165, 1.54) is 0 Å². The van der Waals surface area contributed by atoms with E-state index in [4.69, 9.17) is 11.6 Å². The molecule has 2 rings (SSSR count). The predicted octanol–water partition coefficient (Wildman–Crippen LogP) is 4.07. The normalized spacial score (nSPS) is 19.9. The summed E-state index contributed by atoms with van der Waals surface area (Å²) in [5.74, 6) is 1.11. The van der Waals surface area contributed by atoms with Gasteiger partial charge in [-0.05, 0) is 40.5 Å². The topological polar surface area (TPSA) is 20.3 Å². The number of nitrogens with zero attached hydrogens (tertiary/aromatic N) is 1. The van der Waals surface area contributed by atoms with Crippen molar-refractivity contribution in [1.29, 1.82) is 0 Å². The van der Waals surface area contributed by atoms with E-state index in [2.05, 4.69) is 22.9 Å². The Morgan fingerprint density at radius 1 is 1.61 bits per heavy atom. The summed E-state index contributed by atoms with van der Waals surface area (Å²) in [6.07, 6.45) is 1.11. The number of amides is 1. The molecule has 1 aliphatic heterocycles. The number of carbonyl (C=O) groups is 1. The van der Waals surface area contributed by atoms with Crippen molar-refractivity contribution in [1.82, 2.24) is 4.90 Å². The maximum absolute atomic E-state index is 12.4. The van der Waals surface area contributed by atoms with Gasteiger partial charge in [0, 0.05) is 34.1 Å². The average Bonchev–Trinajstić information content (AvgIpc) is 2.41. The van der Waals surface area contributed by atoms with Crippen molar-refractivity contribution in [3.05, 3.63) is 33.3 Å². The highest BCUT2D eigenvalue weighted by Gasteiger charge is 2.24. The second-order valence-corrected chi connectivity index (χ2v) is 6.95. The molecule has 1 fully saturated rings. The standard InChI is InChI=1S/C13H15BrClNOS/c1-2-10-8-16(5-6-18-10)13(17)9-3-4-11(14)12(15)7-9/h3-4,7,10H,2,5-6,8H2,1H3. The van der Waals surface area contributed by atoms with E-state index in [-0.39, 0.29) is 5.91 Å². The molecule has 1 unspecified atom stereocenters. The number of rotatable bonds is 2. The smallest absolute Gasteiger partial charge is 0.253 e. The Bertz CT molecular complexity index is 455. The van der Waals surface area contributed by atoms with Gasteiger partial charge in [0.05, 0.1) is 5.02 Å². The molecule has 18 heavy (non-hydrogen) atoms. The number of hydrogen-bond acceptors (Lipinski definition) is 2. The minimum atomic E-state index is 0.0863. The Hall–Kier alpha value is -0.190. The highest BCUT2D eigenvalue weighted by molar-refractivity contribution is 9.10. The van der Waals surface area contributed by atoms with Gasteiger partial charge in [0.1, 0.15) is 0 Å². The second kappa shape index (κ2) is 6.31. The zero-order valence-corrected chi connectivity index (χ0v) is 13.3. The van der Waals surface area contributed by atoms with Crippen LogP contribution in [-0.2, 0) is 0 Å². The van der Waals surface area contributed by atoms with Crippen molar-refractivity contribution in [3.8, 4) is 0 Å². The first kappa shape index (κ1) is 14.2. The molecule has 1 aliphatic rings. The highest BCUT2D eigenvalue weighted by Crippen LogP contribution is 2.26. The fourth-order valence-electron chi connectivity index (χ4n) is 1.96. The Morgan fingerprint density at radius 3 is 3.06 bits per heavy atom. The molecular formula is C13H15BrClNOS. The number of halogens is 2. The molecule has 0 radical (unpaired) electrons. The fraction of sp³-hybridized carbons (Fsp3) is 0.462. The Balaban J connectivity index is 2.12. The third-order valence-corrected chi connectivity index (χ3v) is 5.65. The summed E-state index contributed by atoms with van der Waals surface area (Å²) in [7, 11) is 0. The van der Waals surface area contributed by atoms with Gasteiger partial charge in [-0.15, -0.1) is 0 Å². The van der Waals surface area contributed by atoms with Crippen LogP contribution in [0.15, 0.2) is 22.7 Å². The van der Waals surface area contributed by atoms with Crippen LogP contribution in [0.4, 0.5) is 0 Å². The maximum atomic E-state index is 12.4. The minimum Gasteiger partial charge on any atom is -0.337 e. The van der Waals surface area contributed by atoms with Crippen LogP contribution in [0.1, 0.15) is 23.7 Å². The van der Waals surface area contributed by atoms with Gasteiger partial charge in [-0.2, -0.15) is 11.8 Å². The van der Waals surface area contributed by atoms with E-state index < -0.39 is 0 Å². The third-order valence-electron chi connectivity index (χ3n) is 3.05. The second-order valence-electron chi connectivity index (χ2n) is 4.28. The van der Waals surface area contributed by atoms with Crippen molar-refractivity contribution in [2.24, 2.45) is 0 Å². The molecule has 0 aromatic heterocycles. The first-order valence-corrected chi connectivity index (χ1v) is 8.19. The highest BCUT2D eigenvalue weighted by atomic mass is 79.9. The zero-order chi connectivity index (χ0) is 13.1. The molecule has 0 aliphatic carbocycles. The molecule has 1 saturated heterocycles. The third kappa shape index (κ3) is 3.22. The van der Waals surface area contributed by atoms with E-state index in [0.29, 0.717) is 15.8 Å². The first-order chi connectivity index (χ1) is 8.61. The number of thioether (sulfide) groups is 1. The first-order valence-electron chi connectivity index (χ1n) is 5.97. The zero-order valence-electron chi connectivity index (χ0n) is 10.2. The molecule has 1 atom stereocenters. The van der Waals surface area contributed by atoms with Crippen molar-refractivity contribution in [2.75, 3.05) is 18.8 Å². The largest absolute Gasteiger partial charge is 0.337 e. The van der Waals surface area contributed by atoms with Crippen LogP contribution in [-0.4, -0.2) is 34.9 Å². The summed E-state index contributed by atoms with van der Waals surface area (Å²) in [6.45, 7) is 3.84. The predicted molar refractivity (Wildman–Crippen MR) is 81.6 cm³/mol. The van der Waals surface area contributed by atoms with Crippen LogP contribution in [0.2, 0.25) is 5.02 Å². The molecular weight excluding hydrogens is 334 g/mol. The van der Waals surface area contributed by atoms with Crippen molar-refractivity contribution in [3.63, 3.8) is 0 Å². The lowest BCUT2D eigenvalue weighted by Crippen LogP contribution is -2.41. The minimum absolute atomic E-state index is 0.0863. The van der Waals surface area contributed by atoms with E-state index in [9.17, 15) is 4.79 Å². The molecule has 98 valence electrons. The van der Waals surface area contributed by atoms with Gasteiger partial charge in [0.15, 0.2) is 0 Å². The van der Waals surface area contributed by atoms with Gasteiger partial charge in [-0.25, -0.2) is 0 Å². The number of benzene rings is 1. The van der Waals surface area contributed by atoms with Crippen LogP contribution in [0.25, 0.3) is 0 Å². The Labute approximate surface area is 125 Å². The SMILES string of the molecule is CCC1CN(C(=O)c2ccc(Br)c(Cl)c2)CCS1. The van der Waals surface area contributed by atoms with Gasteiger partial charge in [-0.3, -0.25) is 4.79 Å². The van der Waals surface area contributed by atoms with Crippen molar-refractivity contribution >= 4 is 45.2 Å². The van der Waals surface area contributed by atoms with Crippen LogP contribution in [0.5, 0.6) is 0 Å². The van der Waals surface area contributed by atoms with Gasteiger partial charge in [-0.1, -0.05) is 18.5 Å². The summed E-state index contributed by atoms with van der Waals surface area (Å²) >= 11 is 11.3. The summed E-state index contributed by atoms with van der Waals surface area (Å²) in [5.41, 5.74) is 0.671. The summed E-state index contributed by atoms with van der Waals surface area (Å²) < 4.78 is 0.821. The lowest BCUT2D eigenvalue weighted by atomic mass is 10.2. The van der Waals surface area contributed by atoms with Crippen LogP contribution in [0, 0.1) is 0 Å². The summed E-state index contributed by atoms with van der Waals surface area (Å²) in [6, 6.07) is 5.38. The fourth-order valence-corrected chi connectivity index (χ4v) is 3.57. The van der Waals surface area contributed by atoms with E-state index in [1.807, 2.05) is 28.8 Å². The molecule has 0 bridgehead atoms. The van der Waals surface area contributed by atoms with E-state index >= 15 is 0 Å². The number of carbonyl (C=O) groups excluding carboxylic acids is 1. The molecule has 0 saturated carbocycles. The summed E-state index contributed by atoms with van der Waals surface area (Å²) in [5, 5.41) is 1.15. The van der Waals surface area contributed by atoms with Crippen LogP contribution >= 0.6 is 39.3 Å². The van der Waals surface area contributed by atoms with E-state index in [0.717, 1.165) is 29.7 Å². The van der Waals surface area contributed by atoms with Crippen LogP contribution in [0.3, 0.4) is 0 Å². The lowest BCUT2D eigenvalue weighted by Gasteiger charge is -2.32. The molecule has 1 amide bonds. The van der Waals surface area contributed by atoms with Gasteiger partial charge in [0.25, 0.3) is 5.91 Å². The van der Waals surface area contributed by atoms with Gasteiger partial charge >= 0.3 is 0 Å². The quantitative estimate of drug-likeness (QED) is 0.803. The maximum Gasteiger partial charge on any atom is 0.253 e.